The zero-order valence-electron chi connectivity index (χ0n) is 18.4. The number of hydrogen-bond donors (Lipinski definition) is 1. The Bertz CT molecular complexity index is 1200. The van der Waals surface area contributed by atoms with E-state index in [1.54, 1.807) is 32.0 Å². The molecule has 10 heteroatoms. The van der Waals surface area contributed by atoms with Crippen molar-refractivity contribution < 1.29 is 27.5 Å². The number of benzene rings is 2. The van der Waals surface area contributed by atoms with Crippen LogP contribution in [0.4, 0.5) is 11.4 Å². The molecule has 0 unspecified atom stereocenters. The second kappa shape index (κ2) is 10.5. The Morgan fingerprint density at radius 2 is 1.91 bits per heavy atom. The van der Waals surface area contributed by atoms with Crippen molar-refractivity contribution in [2.45, 2.75) is 38.0 Å². The molecule has 0 aromatic heterocycles. The van der Waals surface area contributed by atoms with E-state index in [1.807, 2.05) is 6.07 Å². The summed E-state index contributed by atoms with van der Waals surface area (Å²) in [6.07, 6.45) is 0.553. The van der Waals surface area contributed by atoms with Crippen LogP contribution >= 0.6 is 15.9 Å². The van der Waals surface area contributed by atoms with E-state index in [1.165, 1.54) is 17.0 Å². The van der Waals surface area contributed by atoms with Crippen molar-refractivity contribution in [1.82, 2.24) is 0 Å². The molecule has 1 aliphatic heterocycles. The van der Waals surface area contributed by atoms with Gasteiger partial charge in [0, 0.05) is 29.5 Å². The number of amides is 2. The Labute approximate surface area is 201 Å². The van der Waals surface area contributed by atoms with Gasteiger partial charge >= 0.3 is 5.97 Å². The molecule has 176 valence electrons. The minimum Gasteiger partial charge on any atom is -0.462 e. The van der Waals surface area contributed by atoms with Gasteiger partial charge in [-0.3, -0.25) is 9.59 Å². The summed E-state index contributed by atoms with van der Waals surface area (Å²) in [6, 6.07) is 9.54. The van der Waals surface area contributed by atoms with Crippen LogP contribution in [0.15, 0.2) is 45.8 Å². The largest absolute Gasteiger partial charge is 0.462 e. The molecule has 0 bridgehead atoms. The Kier molecular flexibility index (Phi) is 7.91. The molecule has 33 heavy (non-hydrogen) atoms. The van der Waals surface area contributed by atoms with Gasteiger partial charge in [0.2, 0.25) is 11.8 Å². The number of anilines is 2. The number of hydrogen-bond acceptors (Lipinski definition) is 6. The number of rotatable bonds is 8. The molecule has 0 saturated heterocycles. The minimum absolute atomic E-state index is 0.0447. The molecule has 2 aromatic carbocycles. The fourth-order valence-corrected chi connectivity index (χ4v) is 5.82. The van der Waals surface area contributed by atoms with Crippen LogP contribution in [0.25, 0.3) is 0 Å². The van der Waals surface area contributed by atoms with Crippen LogP contribution in [-0.4, -0.2) is 45.1 Å². The summed E-state index contributed by atoms with van der Waals surface area (Å²) in [7, 11) is -3.86. The van der Waals surface area contributed by atoms with E-state index >= 15 is 0 Å². The monoisotopic (exact) mass is 536 g/mol. The normalized spacial score (nSPS) is 12.9. The van der Waals surface area contributed by atoms with Gasteiger partial charge in [0.25, 0.3) is 0 Å². The number of nitrogens with zero attached hydrogens (tertiary/aromatic N) is 1. The van der Waals surface area contributed by atoms with E-state index in [0.29, 0.717) is 28.8 Å². The van der Waals surface area contributed by atoms with Crippen molar-refractivity contribution in [2.24, 2.45) is 0 Å². The molecule has 2 amide bonds. The SMILES string of the molecule is CCOC(=O)c1cccc(NC(=O)CCS(=O)(=O)c2cc(Br)cc3c2N(C(=O)CC)CC3)c1. The molecular formula is C23H25BrN2O6S. The molecule has 0 saturated carbocycles. The Balaban J connectivity index is 1.75. The van der Waals surface area contributed by atoms with Crippen LogP contribution in [0, 0.1) is 0 Å². The number of halogens is 1. The lowest BCUT2D eigenvalue weighted by atomic mass is 10.2. The van der Waals surface area contributed by atoms with Gasteiger partial charge in [0.05, 0.1) is 28.5 Å². The molecule has 2 aromatic rings. The first-order chi connectivity index (χ1) is 15.7. The van der Waals surface area contributed by atoms with Gasteiger partial charge in [-0.25, -0.2) is 13.2 Å². The van der Waals surface area contributed by atoms with Crippen molar-refractivity contribution in [2.75, 3.05) is 29.1 Å². The quantitative estimate of drug-likeness (QED) is 0.514. The fraction of sp³-hybridized carbons (Fsp3) is 0.348. The predicted octanol–water partition coefficient (Wildman–Crippen LogP) is 3.73. The summed E-state index contributed by atoms with van der Waals surface area (Å²) in [5, 5.41) is 2.62. The first kappa shape index (κ1) is 24.9. The zero-order chi connectivity index (χ0) is 24.2. The van der Waals surface area contributed by atoms with Gasteiger partial charge in [-0.15, -0.1) is 0 Å². The number of nitrogens with one attached hydrogen (secondary N) is 1. The fourth-order valence-electron chi connectivity index (χ4n) is 3.65. The molecule has 3 rings (SSSR count). The van der Waals surface area contributed by atoms with Crippen LogP contribution in [-0.2, 0) is 30.6 Å². The minimum atomic E-state index is -3.86. The van der Waals surface area contributed by atoms with E-state index in [4.69, 9.17) is 4.74 Å². The van der Waals surface area contributed by atoms with Crippen molar-refractivity contribution in [3.05, 3.63) is 52.0 Å². The Hall–Kier alpha value is -2.72. The Morgan fingerprint density at radius 3 is 2.61 bits per heavy atom. The number of sulfone groups is 1. The summed E-state index contributed by atoms with van der Waals surface area (Å²) in [5.41, 5.74) is 1.84. The van der Waals surface area contributed by atoms with Gasteiger partial charge in [-0.2, -0.15) is 0 Å². The van der Waals surface area contributed by atoms with E-state index < -0.39 is 27.5 Å². The molecular weight excluding hydrogens is 512 g/mol. The highest BCUT2D eigenvalue weighted by Crippen LogP contribution is 2.38. The van der Waals surface area contributed by atoms with Crippen LogP contribution in [0.3, 0.4) is 0 Å². The average molecular weight is 537 g/mol. The molecule has 8 nitrogen and oxygen atoms in total. The number of carbonyl (C=O) groups excluding carboxylic acids is 3. The second-order valence-corrected chi connectivity index (χ2v) is 10.5. The average Bonchev–Trinajstić information content (AvgIpc) is 3.20. The van der Waals surface area contributed by atoms with Gasteiger partial charge in [-0.05, 0) is 49.2 Å². The number of carbonyl (C=O) groups is 3. The maximum absolute atomic E-state index is 13.2. The van der Waals surface area contributed by atoms with E-state index in [0.717, 1.165) is 5.56 Å². The molecule has 0 radical (unpaired) electrons. The van der Waals surface area contributed by atoms with Gasteiger partial charge in [0.1, 0.15) is 0 Å². The lowest BCUT2D eigenvalue weighted by molar-refractivity contribution is -0.118. The number of ether oxygens (including phenoxy) is 1. The van der Waals surface area contributed by atoms with E-state index in [-0.39, 0.29) is 35.8 Å². The smallest absolute Gasteiger partial charge is 0.338 e. The zero-order valence-corrected chi connectivity index (χ0v) is 20.8. The van der Waals surface area contributed by atoms with Crippen molar-refractivity contribution >= 4 is 54.9 Å². The summed E-state index contributed by atoms with van der Waals surface area (Å²) >= 11 is 3.35. The second-order valence-electron chi connectivity index (χ2n) is 7.48. The number of esters is 1. The highest BCUT2D eigenvalue weighted by Gasteiger charge is 2.32. The van der Waals surface area contributed by atoms with E-state index in [2.05, 4.69) is 21.2 Å². The topological polar surface area (TPSA) is 110 Å². The highest BCUT2D eigenvalue weighted by molar-refractivity contribution is 9.10. The van der Waals surface area contributed by atoms with Crippen LogP contribution in [0.2, 0.25) is 0 Å². The van der Waals surface area contributed by atoms with Gasteiger partial charge in [0.15, 0.2) is 9.84 Å². The van der Waals surface area contributed by atoms with Gasteiger partial charge < -0.3 is 15.0 Å². The summed E-state index contributed by atoms with van der Waals surface area (Å²) in [4.78, 5) is 38.2. The summed E-state index contributed by atoms with van der Waals surface area (Å²) < 4.78 is 31.9. The lowest BCUT2D eigenvalue weighted by Gasteiger charge is -2.20. The maximum atomic E-state index is 13.2. The third-order valence-electron chi connectivity index (χ3n) is 5.19. The summed E-state index contributed by atoms with van der Waals surface area (Å²) in [6.45, 7) is 4.09. The maximum Gasteiger partial charge on any atom is 0.338 e. The van der Waals surface area contributed by atoms with Crippen LogP contribution in [0.5, 0.6) is 0 Å². The first-order valence-corrected chi connectivity index (χ1v) is 13.0. The standard InChI is InChI=1S/C23H25BrN2O6S/c1-3-21(28)26-10-8-15-12-17(24)14-19(22(15)26)33(30,31)11-9-20(27)25-18-7-5-6-16(13-18)23(29)32-4-2/h5-7,12-14H,3-4,8-11H2,1-2H3,(H,25,27). The molecule has 1 aliphatic rings. The van der Waals surface area contributed by atoms with Crippen molar-refractivity contribution in [1.29, 1.82) is 0 Å². The predicted molar refractivity (Wildman–Crippen MR) is 128 cm³/mol. The number of fused-ring (bicyclic) bond motifs is 1. The third kappa shape index (κ3) is 5.80. The first-order valence-electron chi connectivity index (χ1n) is 10.6. The van der Waals surface area contributed by atoms with Crippen molar-refractivity contribution in [3.8, 4) is 0 Å². The lowest BCUT2D eigenvalue weighted by Crippen LogP contribution is -2.29. The van der Waals surface area contributed by atoms with Crippen molar-refractivity contribution in [3.63, 3.8) is 0 Å². The Morgan fingerprint density at radius 1 is 1.15 bits per heavy atom. The molecule has 0 aliphatic carbocycles. The third-order valence-corrected chi connectivity index (χ3v) is 7.37. The summed E-state index contributed by atoms with van der Waals surface area (Å²) in [5.74, 6) is -1.58. The molecule has 0 spiro atoms. The van der Waals surface area contributed by atoms with Crippen LogP contribution < -0.4 is 10.2 Å². The highest BCUT2D eigenvalue weighted by atomic mass is 79.9. The van der Waals surface area contributed by atoms with E-state index in [9.17, 15) is 22.8 Å². The van der Waals surface area contributed by atoms with Gasteiger partial charge in [-0.1, -0.05) is 28.9 Å². The molecule has 1 N–H and O–H groups in total. The van der Waals surface area contributed by atoms with Crippen LogP contribution in [0.1, 0.15) is 42.6 Å². The molecule has 0 fully saturated rings. The molecule has 0 atom stereocenters. The molecule has 1 heterocycles.